The smallest absolute Gasteiger partial charge is 0.00199 e. The molecular weight excluding hydrogens is 262 g/mol. The predicted molar refractivity (Wildman–Crippen MR) is 94.8 cm³/mol. The summed E-state index contributed by atoms with van der Waals surface area (Å²) in [7, 11) is 0. The van der Waals surface area contributed by atoms with E-state index in [1.54, 1.807) is 0 Å². The molecule has 0 saturated carbocycles. The fourth-order valence-electron chi connectivity index (χ4n) is 2.99. The lowest BCUT2D eigenvalue weighted by Gasteiger charge is -2.21. The third-order valence-electron chi connectivity index (χ3n) is 4.48. The summed E-state index contributed by atoms with van der Waals surface area (Å²) in [5.41, 5.74) is 0. The van der Waals surface area contributed by atoms with Crippen LogP contribution in [0.1, 0.15) is 84.0 Å². The Balaban J connectivity index is 1.70. The van der Waals surface area contributed by atoms with E-state index in [0.29, 0.717) is 0 Å². The van der Waals surface area contributed by atoms with Crippen LogP contribution in [0.3, 0.4) is 0 Å². The van der Waals surface area contributed by atoms with Gasteiger partial charge >= 0.3 is 0 Å². The molecule has 0 spiro atoms. The van der Waals surface area contributed by atoms with Gasteiger partial charge in [-0.2, -0.15) is 11.8 Å². The van der Waals surface area contributed by atoms with Crippen LogP contribution in [0.25, 0.3) is 0 Å². The Kier molecular flexibility index (Phi) is 13.1. The van der Waals surface area contributed by atoms with Crippen LogP contribution in [-0.4, -0.2) is 24.6 Å². The number of nitrogens with one attached hydrogen (secondary N) is 1. The zero-order valence-corrected chi connectivity index (χ0v) is 14.6. The molecule has 0 radical (unpaired) electrons. The molecule has 0 aliphatic carbocycles. The van der Waals surface area contributed by atoms with E-state index < -0.39 is 0 Å². The summed E-state index contributed by atoms with van der Waals surface area (Å²) in [5, 5.41) is 3.67. The fraction of sp³-hybridized carbons (Fsp3) is 1.00. The maximum absolute atomic E-state index is 3.67. The van der Waals surface area contributed by atoms with Gasteiger partial charge in [0.05, 0.1) is 0 Å². The Hall–Kier alpha value is 0.310. The first-order valence-electron chi connectivity index (χ1n) is 9.22. The van der Waals surface area contributed by atoms with E-state index in [0.717, 1.165) is 5.92 Å². The largest absolute Gasteiger partial charge is 0.316 e. The molecule has 1 rings (SSSR count). The lowest BCUT2D eigenvalue weighted by molar-refractivity contribution is 0.441. The summed E-state index contributed by atoms with van der Waals surface area (Å²) >= 11 is 2.13. The molecule has 1 nitrogen and oxygen atoms in total. The first kappa shape index (κ1) is 18.4. The molecule has 1 aliphatic rings. The highest BCUT2D eigenvalue weighted by Gasteiger charge is 2.12. The third-order valence-corrected chi connectivity index (χ3v) is 5.53. The van der Waals surface area contributed by atoms with Gasteiger partial charge < -0.3 is 5.32 Å². The van der Waals surface area contributed by atoms with Gasteiger partial charge in [0.2, 0.25) is 0 Å². The summed E-state index contributed by atoms with van der Waals surface area (Å²) in [6, 6.07) is 0. The number of hydrogen-bond acceptors (Lipinski definition) is 2. The molecule has 0 bridgehead atoms. The van der Waals surface area contributed by atoms with Gasteiger partial charge in [-0.15, -0.1) is 0 Å². The predicted octanol–water partition coefficient (Wildman–Crippen LogP) is 5.64. The minimum Gasteiger partial charge on any atom is -0.316 e. The topological polar surface area (TPSA) is 12.0 Å². The molecule has 0 aromatic heterocycles. The van der Waals surface area contributed by atoms with Gasteiger partial charge in [-0.3, -0.25) is 0 Å². The van der Waals surface area contributed by atoms with Crippen LogP contribution in [0.5, 0.6) is 0 Å². The fourth-order valence-corrected chi connectivity index (χ4v) is 4.20. The summed E-state index contributed by atoms with van der Waals surface area (Å²) in [6.45, 7) is 4.82. The van der Waals surface area contributed by atoms with Crippen molar-refractivity contribution < 1.29 is 0 Å². The van der Waals surface area contributed by atoms with E-state index in [-0.39, 0.29) is 0 Å². The molecule has 120 valence electrons. The maximum atomic E-state index is 3.67. The van der Waals surface area contributed by atoms with Crippen LogP contribution < -0.4 is 5.32 Å². The van der Waals surface area contributed by atoms with E-state index in [2.05, 4.69) is 24.0 Å². The van der Waals surface area contributed by atoms with E-state index in [4.69, 9.17) is 0 Å². The van der Waals surface area contributed by atoms with Crippen molar-refractivity contribution >= 4 is 11.8 Å². The summed E-state index contributed by atoms with van der Waals surface area (Å²) in [5.74, 6) is 3.76. The third kappa shape index (κ3) is 11.0. The normalized spacial score (nSPS) is 16.6. The Morgan fingerprint density at radius 3 is 1.95 bits per heavy atom. The second-order valence-electron chi connectivity index (χ2n) is 6.44. The number of rotatable bonds is 13. The van der Waals surface area contributed by atoms with Gasteiger partial charge in [-0.25, -0.2) is 0 Å². The van der Waals surface area contributed by atoms with Crippen molar-refractivity contribution in [3.8, 4) is 0 Å². The average Bonchev–Trinajstić information content (AvgIpc) is 2.49. The molecule has 0 unspecified atom stereocenters. The standard InChI is InChI=1S/C18H37NS/c1-2-3-4-5-6-7-8-9-10-11-14-19-17-18-12-15-20-16-13-18/h18-19H,2-17H2,1H3. The Bertz CT molecular complexity index is 190. The SMILES string of the molecule is CCCCCCCCCCCCNCC1CCSCC1. The van der Waals surface area contributed by atoms with Crippen molar-refractivity contribution in [2.75, 3.05) is 24.6 Å². The van der Waals surface area contributed by atoms with Crippen molar-refractivity contribution in [2.24, 2.45) is 5.92 Å². The van der Waals surface area contributed by atoms with Gasteiger partial charge in [0, 0.05) is 0 Å². The zero-order valence-electron chi connectivity index (χ0n) is 13.8. The van der Waals surface area contributed by atoms with Crippen LogP contribution in [0.2, 0.25) is 0 Å². The monoisotopic (exact) mass is 299 g/mol. The molecule has 1 saturated heterocycles. The summed E-state index contributed by atoms with van der Waals surface area (Å²) in [4.78, 5) is 0. The lowest BCUT2D eigenvalue weighted by atomic mass is 10.0. The molecule has 0 aromatic rings. The van der Waals surface area contributed by atoms with Crippen LogP contribution in [0.15, 0.2) is 0 Å². The van der Waals surface area contributed by atoms with Crippen molar-refractivity contribution in [1.29, 1.82) is 0 Å². The van der Waals surface area contributed by atoms with E-state index in [9.17, 15) is 0 Å². The summed E-state index contributed by atoms with van der Waals surface area (Å²) in [6.07, 6.45) is 17.3. The Labute approximate surface area is 132 Å². The molecule has 1 heterocycles. The number of unbranched alkanes of at least 4 members (excludes halogenated alkanes) is 9. The molecule has 1 N–H and O–H groups in total. The van der Waals surface area contributed by atoms with E-state index in [1.807, 2.05) is 0 Å². The van der Waals surface area contributed by atoms with E-state index >= 15 is 0 Å². The van der Waals surface area contributed by atoms with Crippen LogP contribution in [0.4, 0.5) is 0 Å². The van der Waals surface area contributed by atoms with Gasteiger partial charge in [0.1, 0.15) is 0 Å². The Morgan fingerprint density at radius 2 is 1.35 bits per heavy atom. The Morgan fingerprint density at radius 1 is 0.800 bits per heavy atom. The average molecular weight is 300 g/mol. The highest BCUT2D eigenvalue weighted by Crippen LogP contribution is 2.21. The van der Waals surface area contributed by atoms with Crippen molar-refractivity contribution in [1.82, 2.24) is 5.32 Å². The van der Waals surface area contributed by atoms with Gasteiger partial charge in [0.15, 0.2) is 0 Å². The van der Waals surface area contributed by atoms with Crippen LogP contribution >= 0.6 is 11.8 Å². The zero-order chi connectivity index (χ0) is 14.3. The van der Waals surface area contributed by atoms with Gasteiger partial charge in [-0.05, 0) is 49.8 Å². The molecule has 0 atom stereocenters. The minimum atomic E-state index is 0.972. The van der Waals surface area contributed by atoms with E-state index in [1.165, 1.54) is 102 Å². The minimum absolute atomic E-state index is 0.972. The van der Waals surface area contributed by atoms with Crippen molar-refractivity contribution in [3.63, 3.8) is 0 Å². The maximum Gasteiger partial charge on any atom is -0.00199 e. The number of hydrogen-bond donors (Lipinski definition) is 1. The number of thioether (sulfide) groups is 1. The molecule has 0 aromatic carbocycles. The molecule has 2 heteroatoms. The lowest BCUT2D eigenvalue weighted by Crippen LogP contribution is -2.26. The van der Waals surface area contributed by atoms with Gasteiger partial charge in [-0.1, -0.05) is 64.7 Å². The second-order valence-corrected chi connectivity index (χ2v) is 7.67. The molecule has 1 fully saturated rings. The molecule has 0 amide bonds. The highest BCUT2D eigenvalue weighted by atomic mass is 32.2. The molecular formula is C18H37NS. The van der Waals surface area contributed by atoms with Crippen molar-refractivity contribution in [3.05, 3.63) is 0 Å². The summed E-state index contributed by atoms with van der Waals surface area (Å²) < 4.78 is 0. The molecule has 20 heavy (non-hydrogen) atoms. The quantitative estimate of drug-likeness (QED) is 0.442. The van der Waals surface area contributed by atoms with Crippen LogP contribution in [-0.2, 0) is 0 Å². The van der Waals surface area contributed by atoms with Crippen molar-refractivity contribution in [2.45, 2.75) is 84.0 Å². The second kappa shape index (κ2) is 14.3. The highest BCUT2D eigenvalue weighted by molar-refractivity contribution is 7.99. The molecule has 1 aliphatic heterocycles. The van der Waals surface area contributed by atoms with Gasteiger partial charge in [0.25, 0.3) is 0 Å². The first-order valence-corrected chi connectivity index (χ1v) is 10.4. The van der Waals surface area contributed by atoms with Crippen LogP contribution in [0, 0.1) is 5.92 Å². The first-order chi connectivity index (χ1) is 9.93.